The first-order chi connectivity index (χ1) is 16.4. The number of carbonyl (C=O) groups is 1. The summed E-state index contributed by atoms with van der Waals surface area (Å²) in [5.74, 6) is 0.431. The number of H-pyrrole nitrogens is 2. The summed E-state index contributed by atoms with van der Waals surface area (Å²) in [6.07, 6.45) is 0.709. The number of sulfonamides is 1. The molecule has 0 radical (unpaired) electrons. The number of hydrogen-bond donors (Lipinski definition) is 4. The van der Waals surface area contributed by atoms with Crippen LogP contribution in [0.2, 0.25) is 0 Å². The van der Waals surface area contributed by atoms with Gasteiger partial charge in [-0.2, -0.15) is 0 Å². The number of aromatic nitrogens is 2. The molecule has 2 heterocycles. The molecule has 0 bridgehead atoms. The lowest BCUT2D eigenvalue weighted by Gasteiger charge is -2.12. The van der Waals surface area contributed by atoms with Crippen molar-refractivity contribution in [3.05, 3.63) is 76.7 Å². The average molecular weight is 481 g/mol. The second kappa shape index (κ2) is 8.60. The first-order valence-corrected chi connectivity index (χ1v) is 11.9. The van der Waals surface area contributed by atoms with E-state index in [0.717, 1.165) is 0 Å². The van der Waals surface area contributed by atoms with Crippen molar-refractivity contribution in [3.63, 3.8) is 0 Å². The van der Waals surface area contributed by atoms with Crippen LogP contribution in [0.5, 0.6) is 11.5 Å². The number of ether oxygens (including phenoxy) is 2. The van der Waals surface area contributed by atoms with E-state index in [9.17, 15) is 18.0 Å². The lowest BCUT2D eigenvalue weighted by molar-refractivity contribution is 0.102. The van der Waals surface area contributed by atoms with Crippen LogP contribution in [0.25, 0.3) is 11.0 Å². The van der Waals surface area contributed by atoms with E-state index < -0.39 is 15.9 Å². The van der Waals surface area contributed by atoms with E-state index in [1.807, 2.05) is 0 Å². The summed E-state index contributed by atoms with van der Waals surface area (Å²) < 4.78 is 39.5. The first-order valence-electron chi connectivity index (χ1n) is 10.4. The van der Waals surface area contributed by atoms with E-state index in [4.69, 9.17) is 9.47 Å². The molecular weight excluding hydrogens is 460 g/mol. The van der Waals surface area contributed by atoms with E-state index >= 15 is 0 Å². The summed E-state index contributed by atoms with van der Waals surface area (Å²) in [7, 11) is -3.94. The van der Waals surface area contributed by atoms with E-state index in [1.165, 1.54) is 18.2 Å². The maximum Gasteiger partial charge on any atom is 0.323 e. The SMILES string of the molecule is O=C(Nc1ccc2[nH]c(=O)[nH]c2c1)c1cccc(NS(=O)(=O)c2ccc3c(c2)OCCCO3)c1. The molecule has 34 heavy (non-hydrogen) atoms. The normalized spacial score (nSPS) is 13.3. The zero-order valence-corrected chi connectivity index (χ0v) is 18.6. The summed E-state index contributed by atoms with van der Waals surface area (Å²) in [6.45, 7) is 0.942. The number of amides is 1. The molecule has 11 heteroatoms. The Kier molecular flexibility index (Phi) is 5.46. The molecule has 4 aromatic rings. The van der Waals surface area contributed by atoms with Gasteiger partial charge in [0, 0.05) is 29.4 Å². The Bertz CT molecular complexity index is 1560. The van der Waals surface area contributed by atoms with Crippen LogP contribution < -0.4 is 25.2 Å². The molecule has 3 aromatic carbocycles. The first kappa shape index (κ1) is 21.6. The number of imidazole rings is 1. The molecule has 0 saturated carbocycles. The minimum atomic E-state index is -3.94. The summed E-state index contributed by atoms with van der Waals surface area (Å²) >= 11 is 0. The number of benzene rings is 3. The van der Waals surface area contributed by atoms with Gasteiger partial charge in [0.1, 0.15) is 0 Å². The van der Waals surface area contributed by atoms with Crippen molar-refractivity contribution in [3.8, 4) is 11.5 Å². The Labute approximate surface area is 194 Å². The molecule has 10 nitrogen and oxygen atoms in total. The number of anilines is 2. The van der Waals surface area contributed by atoms with Crippen LogP contribution in [0.3, 0.4) is 0 Å². The molecule has 1 aliphatic heterocycles. The van der Waals surface area contributed by atoms with Gasteiger partial charge in [0.05, 0.1) is 29.1 Å². The Morgan fingerprint density at radius 1 is 0.853 bits per heavy atom. The van der Waals surface area contributed by atoms with Crippen molar-refractivity contribution in [1.29, 1.82) is 0 Å². The molecule has 0 unspecified atom stereocenters. The molecular formula is C23H20N4O6S. The average Bonchev–Trinajstić information content (AvgIpc) is 3.02. The number of nitrogens with one attached hydrogen (secondary N) is 4. The Morgan fingerprint density at radius 2 is 1.65 bits per heavy atom. The quantitative estimate of drug-likeness (QED) is 0.346. The monoisotopic (exact) mass is 480 g/mol. The maximum absolute atomic E-state index is 12.9. The van der Waals surface area contributed by atoms with Gasteiger partial charge in [0.25, 0.3) is 15.9 Å². The summed E-state index contributed by atoms with van der Waals surface area (Å²) in [5.41, 5.74) is 1.79. The van der Waals surface area contributed by atoms with Crippen molar-refractivity contribution in [1.82, 2.24) is 9.97 Å². The second-order valence-electron chi connectivity index (χ2n) is 7.64. The van der Waals surface area contributed by atoms with Crippen LogP contribution in [0, 0.1) is 0 Å². The molecule has 0 saturated heterocycles. The fourth-order valence-electron chi connectivity index (χ4n) is 3.56. The maximum atomic E-state index is 12.9. The Morgan fingerprint density at radius 3 is 2.50 bits per heavy atom. The highest BCUT2D eigenvalue weighted by Crippen LogP contribution is 2.32. The van der Waals surface area contributed by atoms with Gasteiger partial charge >= 0.3 is 5.69 Å². The molecule has 1 amide bonds. The van der Waals surface area contributed by atoms with Gasteiger partial charge in [0.15, 0.2) is 11.5 Å². The van der Waals surface area contributed by atoms with E-state index in [1.54, 1.807) is 42.5 Å². The minimum Gasteiger partial charge on any atom is -0.490 e. The number of aromatic amines is 2. The van der Waals surface area contributed by atoms with Crippen molar-refractivity contribution in [2.75, 3.05) is 23.3 Å². The van der Waals surface area contributed by atoms with Crippen LogP contribution in [0.1, 0.15) is 16.8 Å². The molecule has 0 fully saturated rings. The molecule has 5 rings (SSSR count). The summed E-state index contributed by atoms with van der Waals surface area (Å²) in [4.78, 5) is 29.4. The zero-order valence-electron chi connectivity index (χ0n) is 17.8. The van der Waals surface area contributed by atoms with Crippen LogP contribution in [-0.2, 0) is 10.0 Å². The second-order valence-corrected chi connectivity index (χ2v) is 9.32. The van der Waals surface area contributed by atoms with Crippen molar-refractivity contribution >= 4 is 38.3 Å². The van der Waals surface area contributed by atoms with Crippen molar-refractivity contribution in [2.24, 2.45) is 0 Å². The van der Waals surface area contributed by atoms with E-state index in [-0.39, 0.29) is 21.8 Å². The van der Waals surface area contributed by atoms with Gasteiger partial charge in [-0.15, -0.1) is 0 Å². The third-order valence-corrected chi connectivity index (χ3v) is 6.56. The van der Waals surface area contributed by atoms with Crippen LogP contribution in [-0.4, -0.2) is 37.5 Å². The fraction of sp³-hybridized carbons (Fsp3) is 0.130. The molecule has 0 spiro atoms. The lowest BCUT2D eigenvalue weighted by atomic mass is 10.2. The molecule has 0 aliphatic carbocycles. The minimum absolute atomic E-state index is 0.0143. The van der Waals surface area contributed by atoms with Gasteiger partial charge in [-0.25, -0.2) is 13.2 Å². The summed E-state index contributed by atoms with van der Waals surface area (Å²) in [6, 6.07) is 15.5. The fourth-order valence-corrected chi connectivity index (χ4v) is 4.63. The van der Waals surface area contributed by atoms with Crippen molar-refractivity contribution in [2.45, 2.75) is 11.3 Å². The van der Waals surface area contributed by atoms with E-state index in [2.05, 4.69) is 20.0 Å². The molecule has 0 atom stereocenters. The van der Waals surface area contributed by atoms with Gasteiger partial charge in [-0.05, 0) is 48.5 Å². The predicted octanol–water partition coefficient (Wildman–Crippen LogP) is 3.07. The van der Waals surface area contributed by atoms with E-state index in [0.29, 0.717) is 47.9 Å². The zero-order chi connectivity index (χ0) is 23.7. The Hall–Kier alpha value is -4.25. The number of carbonyl (C=O) groups excluding carboxylic acids is 1. The smallest absolute Gasteiger partial charge is 0.323 e. The van der Waals surface area contributed by atoms with Crippen LogP contribution in [0.4, 0.5) is 11.4 Å². The topological polar surface area (TPSA) is 142 Å². The third kappa shape index (κ3) is 4.46. The molecule has 1 aromatic heterocycles. The predicted molar refractivity (Wildman–Crippen MR) is 126 cm³/mol. The number of hydrogen-bond acceptors (Lipinski definition) is 6. The van der Waals surface area contributed by atoms with Crippen LogP contribution in [0.15, 0.2) is 70.4 Å². The third-order valence-electron chi connectivity index (χ3n) is 5.18. The highest BCUT2D eigenvalue weighted by molar-refractivity contribution is 7.92. The number of fused-ring (bicyclic) bond motifs is 2. The van der Waals surface area contributed by atoms with Crippen LogP contribution >= 0.6 is 0 Å². The summed E-state index contributed by atoms with van der Waals surface area (Å²) in [5, 5.41) is 2.74. The largest absolute Gasteiger partial charge is 0.490 e. The van der Waals surface area contributed by atoms with Gasteiger partial charge in [-0.1, -0.05) is 6.07 Å². The molecule has 1 aliphatic rings. The molecule has 4 N–H and O–H groups in total. The lowest BCUT2D eigenvalue weighted by Crippen LogP contribution is -2.15. The highest BCUT2D eigenvalue weighted by atomic mass is 32.2. The van der Waals surface area contributed by atoms with Crippen molar-refractivity contribution < 1.29 is 22.7 Å². The van der Waals surface area contributed by atoms with Gasteiger partial charge < -0.3 is 24.8 Å². The number of rotatable bonds is 5. The standard InChI is InChI=1S/C23H20N4O6S/c28-22(24-15-5-7-18-19(12-15)26-23(29)25-18)14-3-1-4-16(11-14)27-34(30,31)17-6-8-20-21(13-17)33-10-2-9-32-20/h1,3-8,11-13,27H,2,9-10H2,(H,24,28)(H2,25,26,29). The van der Waals surface area contributed by atoms with Gasteiger partial charge in [0.2, 0.25) is 0 Å². The van der Waals surface area contributed by atoms with Gasteiger partial charge in [-0.3, -0.25) is 9.52 Å². The highest BCUT2D eigenvalue weighted by Gasteiger charge is 2.19. The Balaban J connectivity index is 1.34. The molecule has 174 valence electrons.